The molecule has 0 saturated heterocycles. The number of rotatable bonds is 14. The fourth-order valence-electron chi connectivity index (χ4n) is 1.25. The molecule has 0 spiro atoms. The van der Waals surface area contributed by atoms with Crippen molar-refractivity contribution in [1.29, 1.82) is 0 Å². The highest BCUT2D eigenvalue weighted by atomic mass is 16.6. The summed E-state index contributed by atoms with van der Waals surface area (Å²) in [5.74, 6) is -1.31. The van der Waals surface area contributed by atoms with Crippen molar-refractivity contribution in [3.8, 4) is 0 Å². The molecule has 118 valence electrons. The van der Waals surface area contributed by atoms with Crippen molar-refractivity contribution in [2.24, 2.45) is 0 Å². The predicted octanol–water partition coefficient (Wildman–Crippen LogP) is 0.854. The number of aliphatic carboxylic acids is 1. The second kappa shape index (κ2) is 14.2. The lowest BCUT2D eigenvalue weighted by atomic mass is 10.2. The molecule has 0 aromatic heterocycles. The van der Waals surface area contributed by atoms with E-state index in [1.54, 1.807) is 0 Å². The Morgan fingerprint density at radius 2 is 1.40 bits per heavy atom. The molecule has 20 heavy (non-hydrogen) atoms. The van der Waals surface area contributed by atoms with Gasteiger partial charge in [-0.05, 0) is 13.3 Å². The highest BCUT2D eigenvalue weighted by Crippen LogP contribution is 1.97. The number of carboxylic acids is 1. The molecule has 7 heteroatoms. The molecule has 0 heterocycles. The van der Waals surface area contributed by atoms with Gasteiger partial charge in [-0.2, -0.15) is 0 Å². The first-order valence-electron chi connectivity index (χ1n) is 6.77. The molecule has 0 saturated carbocycles. The van der Waals surface area contributed by atoms with Gasteiger partial charge in [0.15, 0.2) is 0 Å². The SMILES string of the molecule is CCOCCOCCOCCOC(=O)CCCC(=O)O. The van der Waals surface area contributed by atoms with Gasteiger partial charge in [0.1, 0.15) is 6.61 Å². The fraction of sp³-hybridized carbons (Fsp3) is 0.846. The number of esters is 1. The van der Waals surface area contributed by atoms with E-state index >= 15 is 0 Å². The molecule has 0 aliphatic heterocycles. The van der Waals surface area contributed by atoms with E-state index in [4.69, 9.17) is 24.1 Å². The average molecular weight is 292 g/mol. The number of carboxylic acid groups (broad SMARTS) is 1. The van der Waals surface area contributed by atoms with Crippen molar-refractivity contribution < 1.29 is 33.6 Å². The second-order valence-corrected chi connectivity index (χ2v) is 3.89. The highest BCUT2D eigenvalue weighted by Gasteiger charge is 2.04. The summed E-state index contributed by atoms with van der Waals surface area (Å²) in [6, 6.07) is 0. The van der Waals surface area contributed by atoms with Crippen molar-refractivity contribution in [2.75, 3.05) is 46.2 Å². The number of carbonyl (C=O) groups excluding carboxylic acids is 1. The van der Waals surface area contributed by atoms with E-state index in [9.17, 15) is 9.59 Å². The lowest BCUT2D eigenvalue weighted by Gasteiger charge is -2.07. The standard InChI is InChI=1S/C13H24O7/c1-2-17-6-7-18-8-9-19-10-11-20-13(16)5-3-4-12(14)15/h2-11H2,1H3,(H,14,15). The molecule has 0 radical (unpaired) electrons. The summed E-state index contributed by atoms with van der Waals surface area (Å²) in [5.41, 5.74) is 0. The van der Waals surface area contributed by atoms with E-state index in [-0.39, 0.29) is 19.4 Å². The molecule has 0 aromatic carbocycles. The average Bonchev–Trinajstić information content (AvgIpc) is 2.40. The van der Waals surface area contributed by atoms with E-state index in [0.717, 1.165) is 0 Å². The Hall–Kier alpha value is -1.18. The maximum absolute atomic E-state index is 11.2. The summed E-state index contributed by atoms with van der Waals surface area (Å²) in [6.45, 7) is 5.09. The Morgan fingerprint density at radius 3 is 1.95 bits per heavy atom. The molecule has 0 amide bonds. The summed E-state index contributed by atoms with van der Waals surface area (Å²) in [5, 5.41) is 8.40. The first-order chi connectivity index (χ1) is 9.66. The molecule has 0 aliphatic rings. The van der Waals surface area contributed by atoms with Crippen molar-refractivity contribution in [3.05, 3.63) is 0 Å². The zero-order chi connectivity index (χ0) is 15.1. The third kappa shape index (κ3) is 14.9. The van der Waals surface area contributed by atoms with E-state index in [0.29, 0.717) is 46.1 Å². The zero-order valence-electron chi connectivity index (χ0n) is 12.0. The predicted molar refractivity (Wildman–Crippen MR) is 70.6 cm³/mol. The third-order valence-corrected chi connectivity index (χ3v) is 2.21. The molecule has 0 bridgehead atoms. The first-order valence-corrected chi connectivity index (χ1v) is 6.77. The normalized spacial score (nSPS) is 10.4. The van der Waals surface area contributed by atoms with Gasteiger partial charge in [-0.3, -0.25) is 9.59 Å². The monoisotopic (exact) mass is 292 g/mol. The van der Waals surface area contributed by atoms with Crippen LogP contribution in [0.4, 0.5) is 0 Å². The Kier molecular flexibility index (Phi) is 13.4. The van der Waals surface area contributed by atoms with Crippen LogP contribution < -0.4 is 0 Å². The van der Waals surface area contributed by atoms with Crippen molar-refractivity contribution in [1.82, 2.24) is 0 Å². The molecule has 7 nitrogen and oxygen atoms in total. The van der Waals surface area contributed by atoms with Crippen LogP contribution in [0.2, 0.25) is 0 Å². The van der Waals surface area contributed by atoms with Crippen LogP contribution in [0.3, 0.4) is 0 Å². The Labute approximate surface area is 119 Å². The topological polar surface area (TPSA) is 91.3 Å². The summed E-state index contributed by atoms with van der Waals surface area (Å²) in [6.07, 6.45) is 0.389. The van der Waals surface area contributed by atoms with Gasteiger partial charge in [-0.25, -0.2) is 0 Å². The third-order valence-electron chi connectivity index (χ3n) is 2.21. The van der Waals surface area contributed by atoms with Crippen LogP contribution in [-0.2, 0) is 28.5 Å². The van der Waals surface area contributed by atoms with Crippen LogP contribution in [0.25, 0.3) is 0 Å². The van der Waals surface area contributed by atoms with E-state index < -0.39 is 11.9 Å². The van der Waals surface area contributed by atoms with E-state index in [1.807, 2.05) is 6.92 Å². The molecule has 0 aromatic rings. The van der Waals surface area contributed by atoms with Crippen LogP contribution in [0.1, 0.15) is 26.2 Å². The number of ether oxygens (including phenoxy) is 4. The smallest absolute Gasteiger partial charge is 0.305 e. The van der Waals surface area contributed by atoms with Gasteiger partial charge in [0.2, 0.25) is 0 Å². The lowest BCUT2D eigenvalue weighted by molar-refractivity contribution is -0.145. The summed E-state index contributed by atoms with van der Waals surface area (Å²) >= 11 is 0. The molecular weight excluding hydrogens is 268 g/mol. The van der Waals surface area contributed by atoms with Crippen LogP contribution in [-0.4, -0.2) is 63.3 Å². The van der Waals surface area contributed by atoms with Gasteiger partial charge in [-0.1, -0.05) is 0 Å². The quantitative estimate of drug-likeness (QED) is 0.375. The molecule has 0 atom stereocenters. The first kappa shape index (κ1) is 18.8. The van der Waals surface area contributed by atoms with Crippen LogP contribution in [0, 0.1) is 0 Å². The molecule has 0 rings (SSSR count). The van der Waals surface area contributed by atoms with Crippen molar-refractivity contribution in [2.45, 2.75) is 26.2 Å². The maximum atomic E-state index is 11.2. The van der Waals surface area contributed by atoms with Crippen molar-refractivity contribution in [3.63, 3.8) is 0 Å². The van der Waals surface area contributed by atoms with Gasteiger partial charge in [0.25, 0.3) is 0 Å². The van der Waals surface area contributed by atoms with Crippen LogP contribution in [0.15, 0.2) is 0 Å². The highest BCUT2D eigenvalue weighted by molar-refractivity contribution is 5.71. The van der Waals surface area contributed by atoms with Gasteiger partial charge < -0.3 is 24.1 Å². The minimum absolute atomic E-state index is 0.0231. The Balaban J connectivity index is 3.15. The van der Waals surface area contributed by atoms with E-state index in [1.165, 1.54) is 0 Å². The van der Waals surface area contributed by atoms with Crippen LogP contribution >= 0.6 is 0 Å². The minimum Gasteiger partial charge on any atom is -0.481 e. The van der Waals surface area contributed by atoms with Gasteiger partial charge in [0, 0.05) is 19.4 Å². The van der Waals surface area contributed by atoms with Crippen LogP contribution in [0.5, 0.6) is 0 Å². The fourth-order valence-corrected chi connectivity index (χ4v) is 1.25. The molecule has 0 fully saturated rings. The Bertz CT molecular complexity index is 255. The summed E-state index contributed by atoms with van der Waals surface area (Å²) < 4.78 is 20.4. The summed E-state index contributed by atoms with van der Waals surface area (Å²) in [7, 11) is 0. The summed E-state index contributed by atoms with van der Waals surface area (Å²) in [4.78, 5) is 21.4. The second-order valence-electron chi connectivity index (χ2n) is 3.89. The zero-order valence-corrected chi connectivity index (χ0v) is 12.0. The minimum atomic E-state index is -0.912. The number of carbonyl (C=O) groups is 2. The number of hydrogen-bond donors (Lipinski definition) is 1. The molecule has 0 unspecified atom stereocenters. The molecule has 0 aliphatic carbocycles. The number of hydrogen-bond acceptors (Lipinski definition) is 6. The van der Waals surface area contributed by atoms with Gasteiger partial charge in [-0.15, -0.1) is 0 Å². The lowest BCUT2D eigenvalue weighted by Crippen LogP contribution is -2.14. The van der Waals surface area contributed by atoms with Gasteiger partial charge >= 0.3 is 11.9 Å². The molecule has 1 N–H and O–H groups in total. The van der Waals surface area contributed by atoms with E-state index in [2.05, 4.69) is 0 Å². The van der Waals surface area contributed by atoms with Crippen molar-refractivity contribution >= 4 is 11.9 Å². The Morgan fingerprint density at radius 1 is 0.850 bits per heavy atom. The maximum Gasteiger partial charge on any atom is 0.305 e. The molecular formula is C13H24O7. The largest absolute Gasteiger partial charge is 0.481 e. The van der Waals surface area contributed by atoms with Gasteiger partial charge in [0.05, 0.1) is 33.0 Å².